The molecule has 1 aliphatic rings. The lowest BCUT2D eigenvalue weighted by atomic mass is 9.90. The molecule has 6 heteroatoms. The molecule has 1 aliphatic carbocycles. The third-order valence-corrected chi connectivity index (χ3v) is 5.16. The van der Waals surface area contributed by atoms with Crippen molar-refractivity contribution in [1.82, 2.24) is 9.78 Å². The van der Waals surface area contributed by atoms with Crippen molar-refractivity contribution in [2.75, 3.05) is 0 Å². The molecule has 0 amide bonds. The number of aromatic carboxylic acids is 1. The summed E-state index contributed by atoms with van der Waals surface area (Å²) >= 11 is 1.61. The standard InChI is InChI=1S/C16H19N3O2S/c1-19-16(17-13-9-5-8-12(10-13)15(20)21)22-14(18-19)11-6-3-2-4-7-11/h5,8-11H,2-4,6-7H2,1H3,(H,20,21)/b17-16+. The normalized spacial score (nSPS) is 16.9. The van der Waals surface area contributed by atoms with Crippen LogP contribution in [-0.2, 0) is 7.05 Å². The van der Waals surface area contributed by atoms with Crippen molar-refractivity contribution in [2.45, 2.75) is 38.0 Å². The number of carboxylic acid groups (broad SMARTS) is 1. The Kier molecular flexibility index (Phi) is 4.38. The van der Waals surface area contributed by atoms with Crippen molar-refractivity contribution < 1.29 is 9.90 Å². The number of carboxylic acids is 1. The van der Waals surface area contributed by atoms with E-state index in [1.165, 1.54) is 32.1 Å². The third-order valence-electron chi connectivity index (χ3n) is 3.99. The van der Waals surface area contributed by atoms with Gasteiger partial charge in [-0.3, -0.25) is 0 Å². The first-order chi connectivity index (χ1) is 10.6. The highest BCUT2D eigenvalue weighted by Gasteiger charge is 2.19. The average molecular weight is 317 g/mol. The van der Waals surface area contributed by atoms with Crippen molar-refractivity contribution in [1.29, 1.82) is 0 Å². The van der Waals surface area contributed by atoms with Gasteiger partial charge in [0.05, 0.1) is 11.3 Å². The van der Waals surface area contributed by atoms with Crippen LogP contribution in [-0.4, -0.2) is 20.9 Å². The van der Waals surface area contributed by atoms with Crippen LogP contribution in [0.2, 0.25) is 0 Å². The summed E-state index contributed by atoms with van der Waals surface area (Å²) in [6.45, 7) is 0. The van der Waals surface area contributed by atoms with Crippen molar-refractivity contribution in [2.24, 2.45) is 12.0 Å². The fourth-order valence-corrected chi connectivity index (χ4v) is 3.88. The Bertz CT molecular complexity index is 742. The maximum Gasteiger partial charge on any atom is 0.335 e. The maximum absolute atomic E-state index is 11.0. The molecule has 0 saturated heterocycles. The van der Waals surface area contributed by atoms with E-state index in [1.807, 2.05) is 13.1 Å². The van der Waals surface area contributed by atoms with Gasteiger partial charge in [-0.1, -0.05) is 36.7 Å². The lowest BCUT2D eigenvalue weighted by Crippen LogP contribution is -2.11. The number of nitrogens with zero attached hydrogens (tertiary/aromatic N) is 3. The summed E-state index contributed by atoms with van der Waals surface area (Å²) in [4.78, 5) is 16.4. The topological polar surface area (TPSA) is 67.5 Å². The molecule has 1 saturated carbocycles. The Labute approximate surface area is 133 Å². The minimum absolute atomic E-state index is 0.251. The molecule has 0 bridgehead atoms. The van der Waals surface area contributed by atoms with E-state index in [4.69, 9.17) is 5.11 Å². The first-order valence-electron chi connectivity index (χ1n) is 7.55. The van der Waals surface area contributed by atoms with E-state index in [-0.39, 0.29) is 5.56 Å². The molecule has 1 aromatic heterocycles. The van der Waals surface area contributed by atoms with Crippen LogP contribution in [0, 0.1) is 0 Å². The van der Waals surface area contributed by atoms with Crippen molar-refractivity contribution in [3.05, 3.63) is 39.6 Å². The summed E-state index contributed by atoms with van der Waals surface area (Å²) in [6, 6.07) is 6.68. The van der Waals surface area contributed by atoms with Crippen LogP contribution in [0.5, 0.6) is 0 Å². The number of carbonyl (C=O) groups is 1. The van der Waals surface area contributed by atoms with E-state index >= 15 is 0 Å². The van der Waals surface area contributed by atoms with Gasteiger partial charge >= 0.3 is 5.97 Å². The van der Waals surface area contributed by atoms with Crippen LogP contribution >= 0.6 is 11.3 Å². The monoisotopic (exact) mass is 317 g/mol. The Morgan fingerprint density at radius 3 is 2.86 bits per heavy atom. The van der Waals surface area contributed by atoms with Gasteiger partial charge in [0.1, 0.15) is 5.01 Å². The molecule has 0 aliphatic heterocycles. The van der Waals surface area contributed by atoms with E-state index in [9.17, 15) is 4.79 Å². The fraction of sp³-hybridized carbons (Fsp3) is 0.438. The highest BCUT2D eigenvalue weighted by molar-refractivity contribution is 7.08. The lowest BCUT2D eigenvalue weighted by Gasteiger charge is -2.18. The molecule has 5 nitrogen and oxygen atoms in total. The van der Waals surface area contributed by atoms with Crippen LogP contribution in [0.4, 0.5) is 5.69 Å². The van der Waals surface area contributed by atoms with E-state index in [0.29, 0.717) is 11.6 Å². The molecule has 0 radical (unpaired) electrons. The Hall–Kier alpha value is -1.95. The minimum atomic E-state index is -0.936. The second kappa shape index (κ2) is 6.44. The van der Waals surface area contributed by atoms with Crippen molar-refractivity contribution in [3.8, 4) is 0 Å². The van der Waals surface area contributed by atoms with Gasteiger partial charge in [0.15, 0.2) is 0 Å². The number of hydrogen-bond acceptors (Lipinski definition) is 4. The zero-order chi connectivity index (χ0) is 15.5. The fourth-order valence-electron chi connectivity index (χ4n) is 2.80. The summed E-state index contributed by atoms with van der Waals surface area (Å²) in [5.41, 5.74) is 0.898. The molecule has 0 spiro atoms. The predicted molar refractivity (Wildman–Crippen MR) is 85.5 cm³/mol. The van der Waals surface area contributed by atoms with E-state index in [2.05, 4.69) is 10.1 Å². The molecule has 0 atom stereocenters. The summed E-state index contributed by atoms with van der Waals surface area (Å²) in [7, 11) is 1.89. The van der Waals surface area contributed by atoms with Crippen molar-refractivity contribution >= 4 is 23.0 Å². The zero-order valence-electron chi connectivity index (χ0n) is 12.5. The zero-order valence-corrected chi connectivity index (χ0v) is 13.3. The molecule has 1 fully saturated rings. The predicted octanol–water partition coefficient (Wildman–Crippen LogP) is 3.46. The highest BCUT2D eigenvalue weighted by atomic mass is 32.1. The van der Waals surface area contributed by atoms with Crippen LogP contribution in [0.1, 0.15) is 53.4 Å². The van der Waals surface area contributed by atoms with Gasteiger partial charge in [0.25, 0.3) is 0 Å². The molecule has 1 aromatic carbocycles. The molecule has 22 heavy (non-hydrogen) atoms. The molecule has 1 N–H and O–H groups in total. The van der Waals surface area contributed by atoms with E-state index in [1.54, 1.807) is 34.2 Å². The number of hydrogen-bond donors (Lipinski definition) is 1. The highest BCUT2D eigenvalue weighted by Crippen LogP contribution is 2.32. The van der Waals surface area contributed by atoms with Crippen LogP contribution < -0.4 is 4.80 Å². The summed E-state index contributed by atoms with van der Waals surface area (Å²) in [5, 5.41) is 14.8. The molecule has 0 unspecified atom stereocenters. The van der Waals surface area contributed by atoms with Gasteiger partial charge in [-0.2, -0.15) is 5.10 Å². The van der Waals surface area contributed by atoms with Gasteiger partial charge in [-0.15, -0.1) is 0 Å². The number of benzene rings is 1. The van der Waals surface area contributed by atoms with Crippen LogP contribution in [0.3, 0.4) is 0 Å². The van der Waals surface area contributed by atoms with Crippen LogP contribution in [0.25, 0.3) is 0 Å². The Morgan fingerprint density at radius 1 is 1.36 bits per heavy atom. The summed E-state index contributed by atoms with van der Waals surface area (Å²) in [6.07, 6.45) is 6.30. The smallest absolute Gasteiger partial charge is 0.335 e. The van der Waals surface area contributed by atoms with Gasteiger partial charge in [-0.05, 0) is 31.0 Å². The summed E-state index contributed by atoms with van der Waals surface area (Å²) in [5.74, 6) is -0.382. The van der Waals surface area contributed by atoms with Crippen LogP contribution in [0.15, 0.2) is 29.3 Å². The number of rotatable bonds is 3. The van der Waals surface area contributed by atoms with Crippen molar-refractivity contribution in [3.63, 3.8) is 0 Å². The maximum atomic E-state index is 11.0. The molecule has 3 rings (SSSR count). The van der Waals surface area contributed by atoms with E-state index in [0.717, 1.165) is 9.81 Å². The molecule has 116 valence electrons. The van der Waals surface area contributed by atoms with Gasteiger partial charge < -0.3 is 5.11 Å². The first kappa shape index (κ1) is 15.0. The average Bonchev–Trinajstić information content (AvgIpc) is 2.89. The van der Waals surface area contributed by atoms with Gasteiger partial charge in [0.2, 0.25) is 4.80 Å². The number of aromatic nitrogens is 2. The minimum Gasteiger partial charge on any atom is -0.478 e. The SMILES string of the molecule is Cn1nc(C2CCCCC2)s/c1=N/c1cccc(C(=O)O)c1. The molecular weight excluding hydrogens is 298 g/mol. The Morgan fingerprint density at radius 2 is 2.14 bits per heavy atom. The second-order valence-corrected chi connectivity index (χ2v) is 6.64. The lowest BCUT2D eigenvalue weighted by molar-refractivity contribution is 0.0697. The largest absolute Gasteiger partial charge is 0.478 e. The quantitative estimate of drug-likeness (QED) is 0.942. The molecule has 2 aromatic rings. The first-order valence-corrected chi connectivity index (χ1v) is 8.37. The van der Waals surface area contributed by atoms with Gasteiger partial charge in [-0.25, -0.2) is 14.5 Å². The van der Waals surface area contributed by atoms with E-state index < -0.39 is 5.97 Å². The molecular formula is C16H19N3O2S. The number of aryl methyl sites for hydroxylation is 1. The Balaban J connectivity index is 1.92. The van der Waals surface area contributed by atoms with Gasteiger partial charge in [0, 0.05) is 13.0 Å². The summed E-state index contributed by atoms with van der Waals surface area (Å²) < 4.78 is 1.79. The second-order valence-electron chi connectivity index (χ2n) is 5.65. The third kappa shape index (κ3) is 3.27. The molecule has 1 heterocycles.